The minimum Gasteiger partial charge on any atom is -0.434 e. The average Bonchev–Trinajstić information content (AvgIpc) is 2.25. The van der Waals surface area contributed by atoms with Crippen molar-refractivity contribution in [3.05, 3.63) is 28.8 Å². The van der Waals surface area contributed by atoms with Gasteiger partial charge in [-0.3, -0.25) is 4.79 Å². The Kier molecular flexibility index (Phi) is 4.49. The van der Waals surface area contributed by atoms with E-state index in [1.165, 1.54) is 0 Å². The predicted octanol–water partition coefficient (Wildman–Crippen LogP) is 4.07. The van der Waals surface area contributed by atoms with Gasteiger partial charge in [0.15, 0.2) is 5.78 Å². The number of carbonyl (C=O) groups is 1. The molecule has 0 spiro atoms. The number of hydrogen-bond donors (Lipinski definition) is 0. The topological polar surface area (TPSA) is 26.3 Å². The fourth-order valence-corrected chi connectivity index (χ4v) is 1.64. The van der Waals surface area contributed by atoms with E-state index < -0.39 is 35.4 Å². The van der Waals surface area contributed by atoms with E-state index in [0.29, 0.717) is 5.56 Å². The van der Waals surface area contributed by atoms with Crippen molar-refractivity contribution in [2.75, 3.05) is 0 Å². The number of hydrogen-bond acceptors (Lipinski definition) is 2. The maximum absolute atomic E-state index is 12.9. The van der Waals surface area contributed by atoms with Crippen LogP contribution in [0.4, 0.5) is 22.0 Å². The summed E-state index contributed by atoms with van der Waals surface area (Å²) in [7, 11) is 0. The molecule has 0 saturated heterocycles. The lowest BCUT2D eigenvalue weighted by molar-refractivity contribution is -0.142. The van der Waals surface area contributed by atoms with E-state index in [1.54, 1.807) is 6.92 Å². The first kappa shape index (κ1) is 15.4. The Morgan fingerprint density at radius 3 is 2.26 bits per heavy atom. The van der Waals surface area contributed by atoms with Crippen LogP contribution in [0.5, 0.6) is 5.75 Å². The minimum absolute atomic E-state index is 0.290. The van der Waals surface area contributed by atoms with Crippen LogP contribution in [-0.2, 0) is 12.6 Å². The molecule has 1 aromatic rings. The van der Waals surface area contributed by atoms with Crippen LogP contribution in [0.2, 0.25) is 0 Å². The molecule has 19 heavy (non-hydrogen) atoms. The number of ether oxygens (including phenoxy) is 1. The van der Waals surface area contributed by atoms with Gasteiger partial charge in [-0.25, -0.2) is 0 Å². The van der Waals surface area contributed by atoms with Gasteiger partial charge in [0.05, 0.1) is 0 Å². The molecular formula is C12H11F5O2. The SMILES string of the molecule is CCc1cc(OC(F)F)c(C(F)(F)F)c(C(C)=O)c1. The van der Waals surface area contributed by atoms with Crippen LogP contribution >= 0.6 is 0 Å². The number of halogens is 5. The third-order valence-electron chi connectivity index (χ3n) is 2.45. The molecule has 0 amide bonds. The Morgan fingerprint density at radius 2 is 1.89 bits per heavy atom. The van der Waals surface area contributed by atoms with Crippen molar-refractivity contribution in [2.24, 2.45) is 0 Å². The van der Waals surface area contributed by atoms with Crippen molar-refractivity contribution in [1.29, 1.82) is 0 Å². The summed E-state index contributed by atoms with van der Waals surface area (Å²) in [6.07, 6.45) is -4.66. The van der Waals surface area contributed by atoms with E-state index in [2.05, 4.69) is 4.74 Å². The molecule has 0 heterocycles. The lowest BCUT2D eigenvalue weighted by Crippen LogP contribution is -2.16. The Morgan fingerprint density at radius 1 is 1.32 bits per heavy atom. The molecule has 0 atom stereocenters. The standard InChI is InChI=1S/C12H11F5O2/c1-3-7-4-8(6(2)18)10(12(15,16)17)9(5-7)19-11(13)14/h4-5,11H,3H2,1-2H3. The molecule has 0 aromatic heterocycles. The van der Waals surface area contributed by atoms with Crippen molar-refractivity contribution in [3.63, 3.8) is 0 Å². The van der Waals surface area contributed by atoms with Crippen LogP contribution in [0, 0.1) is 0 Å². The van der Waals surface area contributed by atoms with Crippen LogP contribution in [-0.4, -0.2) is 12.4 Å². The summed E-state index contributed by atoms with van der Waals surface area (Å²) >= 11 is 0. The summed E-state index contributed by atoms with van der Waals surface area (Å²) in [4.78, 5) is 11.3. The average molecular weight is 282 g/mol. The van der Waals surface area contributed by atoms with Gasteiger partial charge >= 0.3 is 12.8 Å². The molecule has 1 rings (SSSR count). The Balaban J connectivity index is 3.56. The van der Waals surface area contributed by atoms with Gasteiger partial charge in [0.1, 0.15) is 11.3 Å². The molecule has 0 saturated carbocycles. The molecule has 106 valence electrons. The van der Waals surface area contributed by atoms with Crippen LogP contribution in [0.25, 0.3) is 0 Å². The number of Topliss-reactive ketones (excluding diaryl/α,β-unsaturated/α-hetero) is 1. The van der Waals surface area contributed by atoms with Crippen molar-refractivity contribution in [1.82, 2.24) is 0 Å². The summed E-state index contributed by atoms with van der Waals surface area (Å²) < 4.78 is 66.9. The number of ketones is 1. The summed E-state index contributed by atoms with van der Waals surface area (Å²) in [5.74, 6) is -1.88. The van der Waals surface area contributed by atoms with Crippen LogP contribution in [0.15, 0.2) is 12.1 Å². The molecule has 0 N–H and O–H groups in total. The molecule has 7 heteroatoms. The predicted molar refractivity (Wildman–Crippen MR) is 57.5 cm³/mol. The number of carbonyl (C=O) groups excluding carboxylic acids is 1. The van der Waals surface area contributed by atoms with Crippen molar-refractivity contribution in [2.45, 2.75) is 33.1 Å². The second kappa shape index (κ2) is 5.54. The summed E-state index contributed by atoms with van der Waals surface area (Å²) in [6.45, 7) is -0.831. The minimum atomic E-state index is -4.95. The highest BCUT2D eigenvalue weighted by Crippen LogP contribution is 2.40. The number of aryl methyl sites for hydroxylation is 1. The second-order valence-electron chi connectivity index (χ2n) is 3.80. The fraction of sp³-hybridized carbons (Fsp3) is 0.417. The van der Waals surface area contributed by atoms with Gasteiger partial charge in [-0.1, -0.05) is 6.92 Å². The maximum Gasteiger partial charge on any atom is 0.420 e. The first-order valence-electron chi connectivity index (χ1n) is 5.36. The van der Waals surface area contributed by atoms with Crippen molar-refractivity contribution in [3.8, 4) is 5.75 Å². The molecule has 0 aliphatic rings. The number of alkyl halides is 5. The zero-order valence-electron chi connectivity index (χ0n) is 10.1. The molecule has 0 bridgehead atoms. The Bertz CT molecular complexity index is 480. The van der Waals surface area contributed by atoms with Crippen LogP contribution in [0.1, 0.15) is 35.3 Å². The van der Waals surface area contributed by atoms with E-state index >= 15 is 0 Å². The van der Waals surface area contributed by atoms with Crippen molar-refractivity contribution >= 4 is 5.78 Å². The first-order chi connectivity index (χ1) is 8.66. The van der Waals surface area contributed by atoms with Gasteiger partial charge in [0, 0.05) is 5.56 Å². The number of benzene rings is 1. The molecule has 0 unspecified atom stereocenters. The lowest BCUT2D eigenvalue weighted by Gasteiger charge is -2.17. The molecular weight excluding hydrogens is 271 g/mol. The van der Waals surface area contributed by atoms with Crippen LogP contribution in [0.3, 0.4) is 0 Å². The van der Waals surface area contributed by atoms with Gasteiger partial charge in [-0.15, -0.1) is 0 Å². The van der Waals surface area contributed by atoms with Crippen molar-refractivity contribution < 1.29 is 31.5 Å². The summed E-state index contributed by atoms with van der Waals surface area (Å²) in [5.41, 5.74) is -1.81. The fourth-order valence-electron chi connectivity index (χ4n) is 1.64. The second-order valence-corrected chi connectivity index (χ2v) is 3.80. The van der Waals surface area contributed by atoms with Gasteiger partial charge in [0.2, 0.25) is 0 Å². The Labute approximate surface area is 106 Å². The smallest absolute Gasteiger partial charge is 0.420 e. The van der Waals surface area contributed by atoms with Gasteiger partial charge in [0.25, 0.3) is 0 Å². The summed E-state index contributed by atoms with van der Waals surface area (Å²) in [6, 6.07) is 1.92. The molecule has 2 nitrogen and oxygen atoms in total. The van der Waals surface area contributed by atoms with E-state index in [4.69, 9.17) is 0 Å². The maximum atomic E-state index is 12.9. The van der Waals surface area contributed by atoms with E-state index in [-0.39, 0.29) is 6.42 Å². The molecule has 1 aromatic carbocycles. The third kappa shape index (κ3) is 3.65. The van der Waals surface area contributed by atoms with Gasteiger partial charge in [-0.05, 0) is 31.0 Å². The van der Waals surface area contributed by atoms with Crippen LogP contribution < -0.4 is 4.74 Å². The lowest BCUT2D eigenvalue weighted by atomic mass is 9.98. The van der Waals surface area contributed by atoms with Gasteiger partial charge in [-0.2, -0.15) is 22.0 Å². The number of rotatable bonds is 4. The highest BCUT2D eigenvalue weighted by atomic mass is 19.4. The normalized spacial score (nSPS) is 11.8. The van der Waals surface area contributed by atoms with E-state index in [1.807, 2.05) is 0 Å². The first-order valence-corrected chi connectivity index (χ1v) is 5.36. The zero-order chi connectivity index (χ0) is 14.8. The summed E-state index contributed by atoms with van der Waals surface area (Å²) in [5, 5.41) is 0. The molecule has 0 aliphatic heterocycles. The molecule has 0 aliphatic carbocycles. The highest BCUT2D eigenvalue weighted by molar-refractivity contribution is 5.96. The molecule has 0 radical (unpaired) electrons. The molecule has 0 fully saturated rings. The monoisotopic (exact) mass is 282 g/mol. The Hall–Kier alpha value is -1.66. The largest absolute Gasteiger partial charge is 0.434 e. The quantitative estimate of drug-likeness (QED) is 0.614. The third-order valence-corrected chi connectivity index (χ3v) is 2.45. The van der Waals surface area contributed by atoms with E-state index in [9.17, 15) is 26.7 Å². The van der Waals surface area contributed by atoms with E-state index in [0.717, 1.165) is 19.1 Å². The highest BCUT2D eigenvalue weighted by Gasteiger charge is 2.39. The zero-order valence-corrected chi connectivity index (χ0v) is 10.1. The van der Waals surface area contributed by atoms with Gasteiger partial charge < -0.3 is 4.74 Å².